The van der Waals surface area contributed by atoms with Crippen molar-refractivity contribution >= 4 is 5.78 Å². The van der Waals surface area contributed by atoms with Crippen LogP contribution in [0.1, 0.15) is 24.5 Å². The van der Waals surface area contributed by atoms with Gasteiger partial charge >= 0.3 is 0 Å². The minimum atomic E-state index is 0.204. The molecule has 66 valence electrons. The summed E-state index contributed by atoms with van der Waals surface area (Å²) >= 11 is 0. The molecule has 0 unspecified atom stereocenters. The first-order chi connectivity index (χ1) is 6.26. The lowest BCUT2D eigenvalue weighted by Crippen LogP contribution is -2.00. The van der Waals surface area contributed by atoms with E-state index in [0.29, 0.717) is 18.4 Å². The summed E-state index contributed by atoms with van der Waals surface area (Å²) in [7, 11) is 0. The molecule has 0 spiro atoms. The summed E-state index contributed by atoms with van der Waals surface area (Å²) < 4.78 is 0. The number of ketones is 1. The summed E-state index contributed by atoms with van der Waals surface area (Å²) in [5.74, 6) is 0.204. The van der Waals surface area contributed by atoms with Crippen LogP contribution in [0, 0.1) is 11.3 Å². The Balaban J connectivity index is 2.79. The van der Waals surface area contributed by atoms with Gasteiger partial charge in [-0.05, 0) is 17.7 Å². The Morgan fingerprint density at radius 1 is 1.54 bits per heavy atom. The van der Waals surface area contributed by atoms with Crippen molar-refractivity contribution in [3.05, 3.63) is 35.4 Å². The SMILES string of the molecule is CCC(=O)Cc1cccc(C#N)c1. The molecule has 2 heteroatoms. The van der Waals surface area contributed by atoms with E-state index in [1.807, 2.05) is 19.1 Å². The van der Waals surface area contributed by atoms with E-state index in [2.05, 4.69) is 0 Å². The first-order valence-corrected chi connectivity index (χ1v) is 4.27. The number of hydrogen-bond acceptors (Lipinski definition) is 2. The van der Waals surface area contributed by atoms with Gasteiger partial charge in [0.1, 0.15) is 5.78 Å². The van der Waals surface area contributed by atoms with E-state index in [-0.39, 0.29) is 5.78 Å². The Morgan fingerprint density at radius 2 is 2.31 bits per heavy atom. The van der Waals surface area contributed by atoms with Crippen LogP contribution in [0.25, 0.3) is 0 Å². The molecule has 0 aromatic heterocycles. The van der Waals surface area contributed by atoms with E-state index in [0.717, 1.165) is 5.56 Å². The largest absolute Gasteiger partial charge is 0.299 e. The molecule has 13 heavy (non-hydrogen) atoms. The molecule has 2 nitrogen and oxygen atoms in total. The average Bonchev–Trinajstić information content (AvgIpc) is 2.18. The van der Waals surface area contributed by atoms with Gasteiger partial charge in [-0.2, -0.15) is 5.26 Å². The number of benzene rings is 1. The number of hydrogen-bond donors (Lipinski definition) is 0. The molecule has 0 aliphatic carbocycles. The van der Waals surface area contributed by atoms with Gasteiger partial charge in [-0.15, -0.1) is 0 Å². The third-order valence-electron chi connectivity index (χ3n) is 1.85. The third kappa shape index (κ3) is 2.72. The fraction of sp³-hybridized carbons (Fsp3) is 0.273. The molecule has 0 atom stereocenters. The molecule has 0 saturated heterocycles. The fourth-order valence-electron chi connectivity index (χ4n) is 1.10. The van der Waals surface area contributed by atoms with Crippen molar-refractivity contribution in [2.24, 2.45) is 0 Å². The van der Waals surface area contributed by atoms with Crippen molar-refractivity contribution in [3.8, 4) is 6.07 Å². The Labute approximate surface area is 77.8 Å². The van der Waals surface area contributed by atoms with Gasteiger partial charge < -0.3 is 0 Å². The topological polar surface area (TPSA) is 40.9 Å². The van der Waals surface area contributed by atoms with Gasteiger partial charge in [0.2, 0.25) is 0 Å². The van der Waals surface area contributed by atoms with Crippen LogP contribution in [0.3, 0.4) is 0 Å². The molecule has 0 aliphatic rings. The minimum absolute atomic E-state index is 0.204. The van der Waals surface area contributed by atoms with Crippen LogP contribution in [0.5, 0.6) is 0 Å². The Kier molecular flexibility index (Phi) is 3.22. The van der Waals surface area contributed by atoms with Gasteiger partial charge in [-0.25, -0.2) is 0 Å². The second kappa shape index (κ2) is 4.42. The van der Waals surface area contributed by atoms with Crippen LogP contribution in [0.2, 0.25) is 0 Å². The van der Waals surface area contributed by atoms with Crippen LogP contribution >= 0.6 is 0 Å². The number of nitriles is 1. The molecular formula is C11H11NO. The fourth-order valence-corrected chi connectivity index (χ4v) is 1.10. The maximum Gasteiger partial charge on any atom is 0.136 e. The summed E-state index contributed by atoms with van der Waals surface area (Å²) in [4.78, 5) is 11.1. The van der Waals surface area contributed by atoms with Crippen molar-refractivity contribution in [2.45, 2.75) is 19.8 Å². The molecule has 1 rings (SSSR count). The number of carbonyl (C=O) groups is 1. The van der Waals surface area contributed by atoms with E-state index in [9.17, 15) is 4.79 Å². The lowest BCUT2D eigenvalue weighted by atomic mass is 10.1. The molecule has 0 radical (unpaired) electrons. The highest BCUT2D eigenvalue weighted by Gasteiger charge is 2.00. The molecule has 0 amide bonds. The quantitative estimate of drug-likeness (QED) is 0.702. The number of nitrogens with zero attached hydrogens (tertiary/aromatic N) is 1. The van der Waals surface area contributed by atoms with Gasteiger partial charge in [0, 0.05) is 12.8 Å². The average molecular weight is 173 g/mol. The van der Waals surface area contributed by atoms with Crippen LogP contribution in [-0.2, 0) is 11.2 Å². The zero-order valence-corrected chi connectivity index (χ0v) is 7.58. The first-order valence-electron chi connectivity index (χ1n) is 4.27. The highest BCUT2D eigenvalue weighted by atomic mass is 16.1. The summed E-state index contributed by atoms with van der Waals surface area (Å²) in [6, 6.07) is 9.21. The molecule has 0 fully saturated rings. The van der Waals surface area contributed by atoms with Crippen LogP contribution in [0.4, 0.5) is 0 Å². The van der Waals surface area contributed by atoms with Crippen molar-refractivity contribution in [3.63, 3.8) is 0 Å². The highest BCUT2D eigenvalue weighted by molar-refractivity contribution is 5.80. The van der Waals surface area contributed by atoms with Crippen molar-refractivity contribution in [2.75, 3.05) is 0 Å². The highest BCUT2D eigenvalue weighted by Crippen LogP contribution is 2.05. The second-order valence-corrected chi connectivity index (χ2v) is 2.88. The molecular weight excluding hydrogens is 162 g/mol. The van der Waals surface area contributed by atoms with Crippen LogP contribution in [0.15, 0.2) is 24.3 Å². The molecule has 0 aliphatic heterocycles. The second-order valence-electron chi connectivity index (χ2n) is 2.88. The minimum Gasteiger partial charge on any atom is -0.299 e. The van der Waals surface area contributed by atoms with Gasteiger partial charge in [0.05, 0.1) is 11.6 Å². The Hall–Kier alpha value is -1.62. The zero-order chi connectivity index (χ0) is 9.68. The van der Waals surface area contributed by atoms with Crippen LogP contribution < -0.4 is 0 Å². The lowest BCUT2D eigenvalue weighted by molar-refractivity contribution is -0.118. The third-order valence-corrected chi connectivity index (χ3v) is 1.85. The summed E-state index contributed by atoms with van der Waals surface area (Å²) in [5, 5.41) is 8.62. The molecule has 0 saturated carbocycles. The van der Waals surface area contributed by atoms with Crippen molar-refractivity contribution in [1.82, 2.24) is 0 Å². The summed E-state index contributed by atoms with van der Waals surface area (Å²) in [6.45, 7) is 1.84. The van der Waals surface area contributed by atoms with E-state index in [4.69, 9.17) is 5.26 Å². The Morgan fingerprint density at radius 3 is 2.92 bits per heavy atom. The van der Waals surface area contributed by atoms with Crippen molar-refractivity contribution in [1.29, 1.82) is 5.26 Å². The molecule has 1 aromatic carbocycles. The molecule has 0 heterocycles. The molecule has 0 N–H and O–H groups in total. The normalized spacial score (nSPS) is 9.23. The number of Topliss-reactive ketones (excluding diaryl/α,β-unsaturated/α-hetero) is 1. The Bertz CT molecular complexity index is 349. The van der Waals surface area contributed by atoms with E-state index < -0.39 is 0 Å². The van der Waals surface area contributed by atoms with E-state index in [1.54, 1.807) is 18.2 Å². The number of carbonyl (C=O) groups excluding carboxylic acids is 1. The predicted octanol–water partition coefficient (Wildman–Crippen LogP) is 2.08. The van der Waals surface area contributed by atoms with E-state index in [1.165, 1.54) is 0 Å². The first kappa shape index (κ1) is 9.47. The van der Waals surface area contributed by atoms with Crippen LogP contribution in [-0.4, -0.2) is 5.78 Å². The smallest absolute Gasteiger partial charge is 0.136 e. The lowest BCUT2D eigenvalue weighted by Gasteiger charge is -1.98. The van der Waals surface area contributed by atoms with Crippen molar-refractivity contribution < 1.29 is 4.79 Å². The predicted molar refractivity (Wildman–Crippen MR) is 50.2 cm³/mol. The maximum absolute atomic E-state index is 11.1. The molecule has 1 aromatic rings. The zero-order valence-electron chi connectivity index (χ0n) is 7.58. The monoisotopic (exact) mass is 173 g/mol. The van der Waals surface area contributed by atoms with Gasteiger partial charge in [-0.1, -0.05) is 19.1 Å². The maximum atomic E-state index is 11.1. The summed E-state index contributed by atoms with van der Waals surface area (Å²) in [6.07, 6.45) is 0.989. The van der Waals surface area contributed by atoms with Gasteiger partial charge in [0.15, 0.2) is 0 Å². The van der Waals surface area contributed by atoms with E-state index >= 15 is 0 Å². The number of rotatable bonds is 3. The molecule has 0 bridgehead atoms. The van der Waals surface area contributed by atoms with Gasteiger partial charge in [0.25, 0.3) is 0 Å². The van der Waals surface area contributed by atoms with Gasteiger partial charge in [-0.3, -0.25) is 4.79 Å². The standard InChI is InChI=1S/C11H11NO/c1-2-11(13)7-9-4-3-5-10(6-9)8-12/h3-6H,2,7H2,1H3. The summed E-state index contributed by atoms with van der Waals surface area (Å²) in [5.41, 5.74) is 1.53.